The van der Waals surface area contributed by atoms with Crippen LogP contribution < -0.4 is 20.3 Å². The summed E-state index contributed by atoms with van der Waals surface area (Å²) in [5.41, 5.74) is -0.494. The van der Waals surface area contributed by atoms with Gasteiger partial charge in [0.2, 0.25) is 0 Å². The third-order valence-corrected chi connectivity index (χ3v) is 7.18. The minimum Gasteiger partial charge on any atom is -0.476 e. The van der Waals surface area contributed by atoms with Crippen LogP contribution in [-0.2, 0) is 11.4 Å². The van der Waals surface area contributed by atoms with E-state index in [0.29, 0.717) is 35.0 Å². The molecule has 1 unspecified atom stereocenters. The molecule has 0 spiro atoms. The first-order valence-corrected chi connectivity index (χ1v) is 12.7. The normalized spacial score (nSPS) is 21.2. The summed E-state index contributed by atoms with van der Waals surface area (Å²) in [6, 6.07) is 8.20. The maximum absolute atomic E-state index is 13.1. The van der Waals surface area contributed by atoms with Gasteiger partial charge in [-0.25, -0.2) is 4.98 Å². The number of hydrogen-bond donors (Lipinski definition) is 3. The molecule has 2 fully saturated rings. The lowest BCUT2D eigenvalue weighted by Crippen LogP contribution is -2.55. The van der Waals surface area contributed by atoms with E-state index in [9.17, 15) is 27.9 Å². The van der Waals surface area contributed by atoms with E-state index in [-0.39, 0.29) is 36.2 Å². The molecule has 0 aliphatic carbocycles. The van der Waals surface area contributed by atoms with Crippen molar-refractivity contribution < 1.29 is 32.6 Å². The van der Waals surface area contributed by atoms with Crippen molar-refractivity contribution in [2.24, 2.45) is 0 Å². The monoisotopic (exact) mass is 554 g/mol. The van der Waals surface area contributed by atoms with Crippen molar-refractivity contribution in [3.63, 3.8) is 0 Å². The Hall–Kier alpha value is -3.05. The minimum absolute atomic E-state index is 0.0563. The largest absolute Gasteiger partial charge is 0.476 e. The second kappa shape index (κ2) is 11.0. The zero-order valence-electron chi connectivity index (χ0n) is 21.0. The Morgan fingerprint density at radius 2 is 1.84 bits per heavy atom. The number of ether oxygens (including phenoxy) is 1. The number of nitrogens with one attached hydrogen (secondary N) is 2. The Balaban J connectivity index is 1.35. The van der Waals surface area contributed by atoms with Gasteiger partial charge in [-0.15, -0.1) is 0 Å². The van der Waals surface area contributed by atoms with Gasteiger partial charge in [-0.2, -0.15) is 13.2 Å². The van der Waals surface area contributed by atoms with Gasteiger partial charge in [0.15, 0.2) is 5.60 Å². The SMILES string of the molecule is CC(C)(Oc1ccc(CO)cc1Cl)C(=O)NC1C[C@H]2CC[C@@H](C1)N2c1ccc(C(=O)NCC(F)(F)F)cn1. The number of hydrogen-bond acceptors (Lipinski definition) is 6. The number of benzene rings is 1. The predicted octanol–water partition coefficient (Wildman–Crippen LogP) is 3.99. The van der Waals surface area contributed by atoms with Crippen LogP contribution in [-0.4, -0.2) is 58.4 Å². The van der Waals surface area contributed by atoms with Crippen LogP contribution in [0.4, 0.5) is 19.0 Å². The number of pyridine rings is 1. The number of carbonyl (C=O) groups is 2. The van der Waals surface area contributed by atoms with E-state index in [4.69, 9.17) is 16.3 Å². The number of piperidine rings is 1. The van der Waals surface area contributed by atoms with Gasteiger partial charge in [-0.3, -0.25) is 9.59 Å². The second-order valence-electron chi connectivity index (χ2n) is 10.2. The number of nitrogens with zero attached hydrogens (tertiary/aromatic N) is 2. The van der Waals surface area contributed by atoms with E-state index < -0.39 is 24.2 Å². The quantitative estimate of drug-likeness (QED) is 0.456. The number of amides is 2. The van der Waals surface area contributed by atoms with Gasteiger partial charge in [-0.1, -0.05) is 17.7 Å². The Kier molecular flexibility index (Phi) is 8.08. The third-order valence-electron chi connectivity index (χ3n) is 6.88. The van der Waals surface area contributed by atoms with E-state index >= 15 is 0 Å². The van der Waals surface area contributed by atoms with Crippen LogP contribution in [0.2, 0.25) is 5.02 Å². The van der Waals surface area contributed by atoms with E-state index in [2.05, 4.69) is 15.2 Å². The smallest absolute Gasteiger partial charge is 0.405 e. The lowest BCUT2D eigenvalue weighted by Gasteiger charge is -2.40. The molecule has 1 aromatic carbocycles. The zero-order chi connectivity index (χ0) is 27.7. The van der Waals surface area contributed by atoms with E-state index in [1.54, 1.807) is 38.1 Å². The first kappa shape index (κ1) is 28.0. The fourth-order valence-corrected chi connectivity index (χ4v) is 5.27. The van der Waals surface area contributed by atoms with Gasteiger partial charge in [-0.05, 0) is 69.4 Å². The van der Waals surface area contributed by atoms with Crippen LogP contribution in [0.25, 0.3) is 0 Å². The van der Waals surface area contributed by atoms with Gasteiger partial charge >= 0.3 is 6.18 Å². The Labute approximate surface area is 223 Å². The number of anilines is 1. The molecule has 2 aliphatic rings. The summed E-state index contributed by atoms with van der Waals surface area (Å²) >= 11 is 6.25. The molecule has 2 saturated heterocycles. The Morgan fingerprint density at radius 3 is 2.39 bits per heavy atom. The number of fused-ring (bicyclic) bond motifs is 2. The molecule has 0 saturated carbocycles. The molecule has 8 nitrogen and oxygen atoms in total. The van der Waals surface area contributed by atoms with Crippen LogP contribution in [0.5, 0.6) is 5.75 Å². The van der Waals surface area contributed by atoms with E-state index in [1.165, 1.54) is 12.3 Å². The molecule has 1 aromatic heterocycles. The molecule has 3 atom stereocenters. The van der Waals surface area contributed by atoms with Crippen molar-refractivity contribution in [2.45, 2.75) is 76.0 Å². The van der Waals surface area contributed by atoms with Crippen LogP contribution in [0, 0.1) is 0 Å². The van der Waals surface area contributed by atoms with Crippen molar-refractivity contribution >= 4 is 29.2 Å². The number of alkyl halides is 3. The molecule has 2 amide bonds. The fourth-order valence-electron chi connectivity index (χ4n) is 5.03. The highest BCUT2D eigenvalue weighted by atomic mass is 35.5. The van der Waals surface area contributed by atoms with Crippen molar-refractivity contribution in [1.82, 2.24) is 15.6 Å². The average molecular weight is 555 g/mol. The number of halogens is 4. The van der Waals surface area contributed by atoms with Gasteiger partial charge in [0.25, 0.3) is 11.8 Å². The molecular formula is C26H30ClF3N4O4. The van der Waals surface area contributed by atoms with E-state index in [1.807, 2.05) is 5.32 Å². The summed E-state index contributed by atoms with van der Waals surface area (Å²) in [6.45, 7) is 1.78. The Morgan fingerprint density at radius 1 is 1.16 bits per heavy atom. The van der Waals surface area contributed by atoms with Gasteiger partial charge in [0.1, 0.15) is 18.1 Å². The molecule has 4 rings (SSSR count). The highest BCUT2D eigenvalue weighted by molar-refractivity contribution is 6.32. The number of aliphatic hydroxyl groups excluding tert-OH is 1. The number of aromatic nitrogens is 1. The first-order valence-electron chi connectivity index (χ1n) is 12.3. The topological polar surface area (TPSA) is 104 Å². The Bertz CT molecular complexity index is 1160. The lowest BCUT2D eigenvalue weighted by atomic mass is 9.96. The molecule has 38 heavy (non-hydrogen) atoms. The van der Waals surface area contributed by atoms with Crippen LogP contribution in [0.15, 0.2) is 36.5 Å². The lowest BCUT2D eigenvalue weighted by molar-refractivity contribution is -0.135. The minimum atomic E-state index is -4.48. The van der Waals surface area contributed by atoms with Crippen molar-refractivity contribution in [3.8, 4) is 5.75 Å². The van der Waals surface area contributed by atoms with Gasteiger partial charge < -0.3 is 25.4 Å². The molecular weight excluding hydrogens is 525 g/mol. The van der Waals surface area contributed by atoms with Crippen molar-refractivity contribution in [3.05, 3.63) is 52.7 Å². The summed E-state index contributed by atoms with van der Waals surface area (Å²) in [5.74, 6) is -0.106. The number of carbonyl (C=O) groups excluding carboxylic acids is 2. The molecule has 12 heteroatoms. The molecule has 3 heterocycles. The molecule has 3 N–H and O–H groups in total. The second-order valence-corrected chi connectivity index (χ2v) is 10.6. The average Bonchev–Trinajstić information content (AvgIpc) is 3.13. The number of rotatable bonds is 8. The van der Waals surface area contributed by atoms with Crippen LogP contribution >= 0.6 is 11.6 Å². The van der Waals surface area contributed by atoms with Crippen LogP contribution in [0.1, 0.15) is 55.5 Å². The molecule has 0 radical (unpaired) electrons. The summed E-state index contributed by atoms with van der Waals surface area (Å²) in [7, 11) is 0. The fraction of sp³-hybridized carbons (Fsp3) is 0.500. The summed E-state index contributed by atoms with van der Waals surface area (Å²) in [5, 5.41) is 14.5. The predicted molar refractivity (Wildman–Crippen MR) is 135 cm³/mol. The third kappa shape index (κ3) is 6.50. The molecule has 2 bridgehead atoms. The summed E-state index contributed by atoms with van der Waals surface area (Å²) in [6.07, 6.45) is 0.0206. The molecule has 2 aromatic rings. The first-order chi connectivity index (χ1) is 17.9. The highest BCUT2D eigenvalue weighted by Gasteiger charge is 2.43. The van der Waals surface area contributed by atoms with E-state index in [0.717, 1.165) is 12.8 Å². The molecule has 2 aliphatic heterocycles. The van der Waals surface area contributed by atoms with Gasteiger partial charge in [0, 0.05) is 24.3 Å². The van der Waals surface area contributed by atoms with Crippen LogP contribution in [0.3, 0.4) is 0 Å². The summed E-state index contributed by atoms with van der Waals surface area (Å²) < 4.78 is 43.0. The van der Waals surface area contributed by atoms with Crippen molar-refractivity contribution in [1.29, 1.82) is 0 Å². The zero-order valence-corrected chi connectivity index (χ0v) is 21.8. The van der Waals surface area contributed by atoms with Gasteiger partial charge in [0.05, 0.1) is 17.2 Å². The number of aliphatic hydroxyl groups is 1. The maximum Gasteiger partial charge on any atom is 0.405 e. The standard InChI is InChI=1S/C26H30ClF3N4O4/c1-25(2,38-21-7-3-15(13-35)9-20(21)27)24(37)33-17-10-18-5-6-19(11-17)34(18)22-8-4-16(12-31-22)23(36)32-14-26(28,29)30/h3-4,7-9,12,17-19,35H,5-6,10-11,13-14H2,1-2H3,(H,32,36)(H,33,37)/t17?,18-,19+. The highest BCUT2D eigenvalue weighted by Crippen LogP contribution is 2.39. The maximum atomic E-state index is 13.1. The summed E-state index contributed by atoms with van der Waals surface area (Å²) in [4.78, 5) is 31.6. The van der Waals surface area contributed by atoms with Crippen molar-refractivity contribution in [2.75, 3.05) is 11.4 Å². The molecule has 206 valence electrons.